The number of halogens is 5. The Morgan fingerprint density at radius 1 is 1.30 bits per heavy atom. The number of carbonyl (C=O) groups excluding carboxylic acids is 3. The summed E-state index contributed by atoms with van der Waals surface area (Å²) in [6, 6.07) is 0. The smallest absolute Gasteiger partial charge is 0.257 e. The number of alkyl halides is 5. The summed E-state index contributed by atoms with van der Waals surface area (Å²) in [5, 5.41) is 0. The van der Waals surface area contributed by atoms with Crippen molar-refractivity contribution in [3.05, 3.63) is 11.8 Å². The van der Waals surface area contributed by atoms with Crippen LogP contribution in [-0.4, -0.2) is 44.9 Å². The van der Waals surface area contributed by atoms with E-state index in [9.17, 15) is 14.4 Å². The van der Waals surface area contributed by atoms with E-state index in [4.69, 9.17) is 62.7 Å². The molecule has 1 rings (SSSR count). The highest BCUT2D eigenvalue weighted by Gasteiger charge is 2.28. The maximum Gasteiger partial charge on any atom is 0.257 e. The molecule has 1 aliphatic heterocycles. The van der Waals surface area contributed by atoms with Crippen LogP contribution in [0, 0.1) is 0 Å². The van der Waals surface area contributed by atoms with Crippen molar-refractivity contribution in [2.45, 2.75) is 54.6 Å². The first kappa shape index (κ1) is 28.8. The zero-order valence-electron chi connectivity index (χ0n) is 15.4. The summed E-state index contributed by atoms with van der Waals surface area (Å²) in [5.41, 5.74) is 4.65. The van der Waals surface area contributed by atoms with E-state index in [2.05, 4.69) is 5.73 Å². The molecule has 0 saturated heterocycles. The maximum absolute atomic E-state index is 11.7. The van der Waals surface area contributed by atoms with E-state index in [1.807, 2.05) is 6.92 Å². The summed E-state index contributed by atoms with van der Waals surface area (Å²) in [7, 11) is 1.45. The minimum absolute atomic E-state index is 0.171. The van der Waals surface area contributed by atoms with Crippen LogP contribution in [0.4, 0.5) is 0 Å². The molecule has 27 heavy (non-hydrogen) atoms. The van der Waals surface area contributed by atoms with Gasteiger partial charge in [-0.1, -0.05) is 48.7 Å². The molecule has 0 radical (unpaired) electrons. The monoisotopic (exact) mass is 484 g/mol. The van der Waals surface area contributed by atoms with Crippen LogP contribution in [-0.2, 0) is 19.1 Å². The van der Waals surface area contributed by atoms with Gasteiger partial charge in [-0.05, 0) is 19.3 Å². The van der Waals surface area contributed by atoms with Crippen molar-refractivity contribution in [2.24, 2.45) is 5.73 Å². The molecule has 1 aliphatic rings. The van der Waals surface area contributed by atoms with Crippen LogP contribution in [0.25, 0.3) is 0 Å². The van der Waals surface area contributed by atoms with Gasteiger partial charge >= 0.3 is 0 Å². The number of rotatable bonds is 6. The Morgan fingerprint density at radius 3 is 2.07 bits per heavy atom. The van der Waals surface area contributed by atoms with Gasteiger partial charge in [0.2, 0.25) is 11.8 Å². The molecule has 11 heteroatoms. The fourth-order valence-corrected chi connectivity index (χ4v) is 1.81. The first-order chi connectivity index (χ1) is 12.4. The van der Waals surface area contributed by atoms with Crippen molar-refractivity contribution in [1.29, 1.82) is 0 Å². The molecule has 0 atom stereocenters. The second kappa shape index (κ2) is 15.5. The summed E-state index contributed by atoms with van der Waals surface area (Å²) < 4.78 is 3.55. The largest absolute Gasteiger partial charge is 0.499 e. The molecule has 0 fully saturated rings. The Kier molecular flexibility index (Phi) is 16.6. The van der Waals surface area contributed by atoms with Crippen molar-refractivity contribution in [3.8, 4) is 0 Å². The number of primary amides is 1. The normalized spacial score (nSPS) is 13.3. The number of imide groups is 1. The summed E-state index contributed by atoms with van der Waals surface area (Å²) in [6.45, 7) is 3.84. The summed E-state index contributed by atoms with van der Waals surface area (Å²) >= 11 is 27.1. The van der Waals surface area contributed by atoms with Crippen LogP contribution in [0.15, 0.2) is 11.8 Å². The molecule has 0 saturated carbocycles. The van der Waals surface area contributed by atoms with Crippen LogP contribution < -0.4 is 5.73 Å². The highest BCUT2D eigenvalue weighted by atomic mass is 35.6. The average molecular weight is 487 g/mol. The third-order valence-corrected chi connectivity index (χ3v) is 4.12. The number of amides is 3. The molecule has 0 unspecified atom stereocenters. The van der Waals surface area contributed by atoms with Gasteiger partial charge < -0.3 is 10.5 Å². The van der Waals surface area contributed by atoms with Gasteiger partial charge in [-0.15, -0.1) is 23.2 Å². The third kappa shape index (κ3) is 17.4. The Labute approximate surface area is 185 Å². The number of hydrogen-bond acceptors (Lipinski definition) is 4. The summed E-state index contributed by atoms with van der Waals surface area (Å²) in [6.07, 6.45) is 3.44. The Bertz CT molecular complexity index is 508. The lowest BCUT2D eigenvalue weighted by Gasteiger charge is -2.15. The van der Waals surface area contributed by atoms with E-state index < -0.39 is 3.79 Å². The molecule has 0 aromatic heterocycles. The first-order valence-corrected chi connectivity index (χ1v) is 10.1. The van der Waals surface area contributed by atoms with Crippen LogP contribution in [0.2, 0.25) is 0 Å². The van der Waals surface area contributed by atoms with Crippen molar-refractivity contribution < 1.29 is 19.1 Å². The molecule has 1 heterocycles. The lowest BCUT2D eigenvalue weighted by Crippen LogP contribution is -2.33. The van der Waals surface area contributed by atoms with Crippen LogP contribution >= 0.6 is 58.0 Å². The fourth-order valence-electron chi connectivity index (χ4n) is 1.40. The number of ether oxygens (including phenoxy) is 1. The van der Waals surface area contributed by atoms with E-state index >= 15 is 0 Å². The van der Waals surface area contributed by atoms with Gasteiger partial charge in [-0.3, -0.25) is 19.3 Å². The predicted octanol–water partition coefficient (Wildman–Crippen LogP) is 4.51. The van der Waals surface area contributed by atoms with Crippen molar-refractivity contribution in [1.82, 2.24) is 4.90 Å². The third-order valence-electron chi connectivity index (χ3n) is 2.94. The number of methoxy groups -OCH3 is 1. The van der Waals surface area contributed by atoms with Gasteiger partial charge in [0.15, 0.2) is 3.79 Å². The topological polar surface area (TPSA) is 89.7 Å². The molecule has 0 bridgehead atoms. The molecule has 0 aromatic rings. The summed E-state index contributed by atoms with van der Waals surface area (Å²) in [5.74, 6) is -0.414. The molecule has 0 spiro atoms. The van der Waals surface area contributed by atoms with Crippen LogP contribution in [0.1, 0.15) is 46.0 Å². The van der Waals surface area contributed by atoms with Gasteiger partial charge in [0, 0.05) is 18.9 Å². The Balaban J connectivity index is 0. The highest BCUT2D eigenvalue weighted by molar-refractivity contribution is 6.67. The van der Waals surface area contributed by atoms with Crippen LogP contribution in [0.3, 0.4) is 0 Å². The van der Waals surface area contributed by atoms with Crippen molar-refractivity contribution >= 4 is 75.7 Å². The first-order valence-electron chi connectivity index (χ1n) is 8.09. The number of hydrogen-bond donors (Lipinski definition) is 1. The lowest BCUT2D eigenvalue weighted by atomic mass is 10.2. The van der Waals surface area contributed by atoms with Gasteiger partial charge in [-0.25, -0.2) is 0 Å². The highest BCUT2D eigenvalue weighted by Crippen LogP contribution is 2.32. The minimum Gasteiger partial charge on any atom is -0.499 e. The molecule has 6 nitrogen and oxygen atoms in total. The van der Waals surface area contributed by atoms with Gasteiger partial charge in [-0.2, -0.15) is 0 Å². The quantitative estimate of drug-likeness (QED) is 0.560. The van der Waals surface area contributed by atoms with Crippen LogP contribution in [0.5, 0.6) is 0 Å². The fraction of sp³-hybridized carbons (Fsp3) is 0.688. The van der Waals surface area contributed by atoms with Crippen molar-refractivity contribution in [3.63, 3.8) is 0 Å². The van der Waals surface area contributed by atoms with Crippen molar-refractivity contribution in [2.75, 3.05) is 13.7 Å². The molecule has 2 N–H and O–H groups in total. The lowest BCUT2D eigenvalue weighted by molar-refractivity contribution is -0.140. The van der Waals surface area contributed by atoms with E-state index in [0.717, 1.165) is 11.3 Å². The minimum atomic E-state index is -1.36. The van der Waals surface area contributed by atoms with Gasteiger partial charge in [0.25, 0.3) is 5.91 Å². The number of nitrogens with zero attached hydrogens (tertiary/aromatic N) is 1. The van der Waals surface area contributed by atoms with E-state index in [-0.39, 0.29) is 41.9 Å². The molecule has 0 aliphatic carbocycles. The standard InChI is InChI=1S/C10H12Cl3NO3.C3H6Cl2.C3H7NO/c1-17-7-5-9(16)14(6-7)8(15)3-2-4-10(11,12)13;2*1-2-3(4)5/h5H,2-4,6H2,1H3;3H,2H2,1H3;2H2,1H3,(H2,4,5). The van der Waals surface area contributed by atoms with Gasteiger partial charge in [0.05, 0.1) is 13.7 Å². The number of carbonyl (C=O) groups is 3. The van der Waals surface area contributed by atoms with E-state index in [0.29, 0.717) is 18.6 Å². The molecule has 0 aromatic carbocycles. The van der Waals surface area contributed by atoms with E-state index in [1.165, 1.54) is 13.2 Å². The molecule has 3 amide bonds. The predicted molar refractivity (Wildman–Crippen MR) is 111 cm³/mol. The second-order valence-corrected chi connectivity index (χ2v) is 9.01. The zero-order valence-corrected chi connectivity index (χ0v) is 19.2. The summed E-state index contributed by atoms with van der Waals surface area (Å²) in [4.78, 5) is 33.6. The zero-order chi connectivity index (χ0) is 21.6. The molecular weight excluding hydrogens is 461 g/mol. The van der Waals surface area contributed by atoms with E-state index in [1.54, 1.807) is 6.92 Å². The SMILES string of the molecule is CCC(Cl)Cl.CCC(N)=O.COC1=CC(=O)N(C(=O)CCCC(Cl)(Cl)Cl)C1. The molecule has 158 valence electrons. The maximum atomic E-state index is 11.7. The number of nitrogens with two attached hydrogens (primary N) is 1. The average Bonchev–Trinajstić information content (AvgIpc) is 2.95. The van der Waals surface area contributed by atoms with Gasteiger partial charge in [0.1, 0.15) is 10.6 Å². The molecular formula is C16H25Cl5N2O4. The Morgan fingerprint density at radius 2 is 1.78 bits per heavy atom. The Hall–Kier alpha value is -0.400. The second-order valence-electron chi connectivity index (χ2n) is 5.22.